The average molecular weight is 239 g/mol. The molecule has 1 unspecified atom stereocenters. The second-order valence-electron chi connectivity index (χ2n) is 5.44. The SMILES string of the molecule is COc1cccc(CCC(N)C(C)(C)C)c1F. The number of ether oxygens (including phenoxy) is 1. The molecule has 96 valence electrons. The molecule has 0 aliphatic rings. The zero-order valence-corrected chi connectivity index (χ0v) is 11.1. The molecule has 1 aromatic carbocycles. The minimum atomic E-state index is -0.267. The molecule has 2 N–H and O–H groups in total. The third-order valence-electron chi connectivity index (χ3n) is 3.10. The van der Waals surface area contributed by atoms with Gasteiger partial charge in [0.25, 0.3) is 0 Å². The molecule has 3 heteroatoms. The number of rotatable bonds is 4. The van der Waals surface area contributed by atoms with Gasteiger partial charge in [-0.3, -0.25) is 0 Å². The van der Waals surface area contributed by atoms with Crippen LogP contribution in [-0.2, 0) is 6.42 Å². The lowest BCUT2D eigenvalue weighted by Crippen LogP contribution is -2.35. The van der Waals surface area contributed by atoms with E-state index in [2.05, 4.69) is 20.8 Å². The highest BCUT2D eigenvalue weighted by atomic mass is 19.1. The van der Waals surface area contributed by atoms with E-state index < -0.39 is 0 Å². The van der Waals surface area contributed by atoms with E-state index in [0.717, 1.165) is 6.42 Å². The van der Waals surface area contributed by atoms with Gasteiger partial charge in [0.05, 0.1) is 7.11 Å². The smallest absolute Gasteiger partial charge is 0.168 e. The van der Waals surface area contributed by atoms with E-state index >= 15 is 0 Å². The van der Waals surface area contributed by atoms with Crippen LogP contribution < -0.4 is 10.5 Å². The number of halogens is 1. The highest BCUT2D eigenvalue weighted by Gasteiger charge is 2.20. The number of aryl methyl sites for hydroxylation is 1. The first-order valence-electron chi connectivity index (χ1n) is 5.93. The Kier molecular flexibility index (Phi) is 4.52. The van der Waals surface area contributed by atoms with Crippen molar-refractivity contribution in [3.8, 4) is 5.75 Å². The van der Waals surface area contributed by atoms with Crippen LogP contribution in [0.4, 0.5) is 4.39 Å². The minimum absolute atomic E-state index is 0.0509. The zero-order valence-electron chi connectivity index (χ0n) is 11.1. The quantitative estimate of drug-likeness (QED) is 0.876. The second-order valence-corrected chi connectivity index (χ2v) is 5.44. The molecule has 0 aliphatic heterocycles. The Hall–Kier alpha value is -1.09. The first-order chi connectivity index (χ1) is 7.86. The molecule has 1 aromatic rings. The first kappa shape index (κ1) is 14.0. The summed E-state index contributed by atoms with van der Waals surface area (Å²) in [5.74, 6) is 0.0305. The van der Waals surface area contributed by atoms with Crippen LogP contribution in [0.2, 0.25) is 0 Å². The lowest BCUT2D eigenvalue weighted by Gasteiger charge is -2.27. The normalized spacial score (nSPS) is 13.5. The molecular formula is C14H22FNO. The Morgan fingerprint density at radius 1 is 1.35 bits per heavy atom. The molecule has 0 radical (unpaired) electrons. The van der Waals surface area contributed by atoms with Crippen molar-refractivity contribution in [2.45, 2.75) is 39.7 Å². The molecule has 0 spiro atoms. The Morgan fingerprint density at radius 2 is 2.00 bits per heavy atom. The van der Waals surface area contributed by atoms with Gasteiger partial charge in [-0.2, -0.15) is 0 Å². The minimum Gasteiger partial charge on any atom is -0.494 e. The molecule has 0 saturated heterocycles. The predicted molar refractivity (Wildman–Crippen MR) is 68.7 cm³/mol. The van der Waals surface area contributed by atoms with E-state index in [1.165, 1.54) is 7.11 Å². The number of hydrogen-bond acceptors (Lipinski definition) is 2. The molecule has 0 bridgehead atoms. The molecule has 0 fully saturated rings. The number of methoxy groups -OCH3 is 1. The summed E-state index contributed by atoms with van der Waals surface area (Å²) in [4.78, 5) is 0. The molecule has 0 amide bonds. The van der Waals surface area contributed by atoms with Crippen LogP contribution in [-0.4, -0.2) is 13.2 Å². The summed E-state index contributed by atoms with van der Waals surface area (Å²) in [5.41, 5.74) is 6.79. The summed E-state index contributed by atoms with van der Waals surface area (Å²) in [7, 11) is 1.48. The van der Waals surface area contributed by atoms with E-state index in [-0.39, 0.29) is 17.3 Å². The average Bonchev–Trinajstić information content (AvgIpc) is 2.26. The number of benzene rings is 1. The number of hydrogen-bond donors (Lipinski definition) is 1. The van der Waals surface area contributed by atoms with Crippen LogP contribution in [0.3, 0.4) is 0 Å². The molecule has 0 aromatic heterocycles. The Labute approximate surface area is 103 Å². The number of nitrogens with two attached hydrogens (primary N) is 1. The highest BCUT2D eigenvalue weighted by molar-refractivity contribution is 5.31. The molecule has 17 heavy (non-hydrogen) atoms. The lowest BCUT2D eigenvalue weighted by molar-refractivity contribution is 0.304. The van der Waals surface area contributed by atoms with Crippen molar-refractivity contribution in [1.82, 2.24) is 0 Å². The van der Waals surface area contributed by atoms with Gasteiger partial charge in [0.2, 0.25) is 0 Å². The van der Waals surface area contributed by atoms with Gasteiger partial charge >= 0.3 is 0 Å². The van der Waals surface area contributed by atoms with Crippen LogP contribution in [0.25, 0.3) is 0 Å². The van der Waals surface area contributed by atoms with Gasteiger partial charge in [0.1, 0.15) is 0 Å². The summed E-state index contributed by atoms with van der Waals surface area (Å²) in [6, 6.07) is 5.28. The predicted octanol–water partition coefficient (Wildman–Crippen LogP) is 3.14. The van der Waals surface area contributed by atoms with Crippen LogP contribution in [0.5, 0.6) is 5.75 Å². The van der Waals surface area contributed by atoms with E-state index in [9.17, 15) is 4.39 Å². The van der Waals surface area contributed by atoms with Crippen LogP contribution >= 0.6 is 0 Å². The molecule has 0 aliphatic carbocycles. The third-order valence-corrected chi connectivity index (χ3v) is 3.10. The summed E-state index contributed by atoms with van der Waals surface area (Å²) in [6.45, 7) is 6.29. The van der Waals surface area contributed by atoms with Gasteiger partial charge in [-0.1, -0.05) is 32.9 Å². The standard InChI is InChI=1S/C14H22FNO/c1-14(2,3)12(16)9-8-10-6-5-7-11(17-4)13(10)15/h5-7,12H,8-9,16H2,1-4H3. The zero-order chi connectivity index (χ0) is 13.1. The summed E-state index contributed by atoms with van der Waals surface area (Å²) in [5, 5.41) is 0. The molecule has 1 atom stereocenters. The summed E-state index contributed by atoms with van der Waals surface area (Å²) < 4.78 is 18.8. The largest absolute Gasteiger partial charge is 0.494 e. The third kappa shape index (κ3) is 3.70. The maximum Gasteiger partial charge on any atom is 0.168 e. The van der Waals surface area contributed by atoms with Crippen molar-refractivity contribution in [3.63, 3.8) is 0 Å². The van der Waals surface area contributed by atoms with Crippen molar-refractivity contribution in [3.05, 3.63) is 29.6 Å². The first-order valence-corrected chi connectivity index (χ1v) is 5.93. The fourth-order valence-corrected chi connectivity index (χ4v) is 1.65. The van der Waals surface area contributed by atoms with Gasteiger partial charge in [-0.25, -0.2) is 4.39 Å². The van der Waals surface area contributed by atoms with Gasteiger partial charge in [-0.15, -0.1) is 0 Å². The van der Waals surface area contributed by atoms with Gasteiger partial charge < -0.3 is 10.5 Å². The Bertz CT molecular complexity index is 371. The van der Waals surface area contributed by atoms with E-state index in [0.29, 0.717) is 17.7 Å². The van der Waals surface area contributed by atoms with Gasteiger partial charge in [-0.05, 0) is 29.9 Å². The van der Waals surface area contributed by atoms with Crippen LogP contribution in [0.1, 0.15) is 32.8 Å². The van der Waals surface area contributed by atoms with Crippen molar-refractivity contribution in [1.29, 1.82) is 0 Å². The highest BCUT2D eigenvalue weighted by Crippen LogP contribution is 2.24. The van der Waals surface area contributed by atoms with Gasteiger partial charge in [0.15, 0.2) is 11.6 Å². The van der Waals surface area contributed by atoms with Crippen molar-refractivity contribution in [2.24, 2.45) is 11.1 Å². The van der Waals surface area contributed by atoms with Crippen molar-refractivity contribution >= 4 is 0 Å². The van der Waals surface area contributed by atoms with Crippen LogP contribution in [0.15, 0.2) is 18.2 Å². The van der Waals surface area contributed by atoms with Crippen LogP contribution in [0, 0.1) is 11.2 Å². The fraction of sp³-hybridized carbons (Fsp3) is 0.571. The molecule has 1 rings (SSSR count). The molecular weight excluding hydrogens is 217 g/mol. The molecule has 0 saturated carbocycles. The second kappa shape index (κ2) is 5.50. The summed E-state index contributed by atoms with van der Waals surface area (Å²) in [6.07, 6.45) is 1.41. The van der Waals surface area contributed by atoms with E-state index in [1.54, 1.807) is 18.2 Å². The monoisotopic (exact) mass is 239 g/mol. The van der Waals surface area contributed by atoms with Crippen molar-refractivity contribution < 1.29 is 9.13 Å². The molecule has 0 heterocycles. The van der Waals surface area contributed by atoms with E-state index in [4.69, 9.17) is 10.5 Å². The maximum absolute atomic E-state index is 13.9. The maximum atomic E-state index is 13.9. The van der Waals surface area contributed by atoms with E-state index in [1.807, 2.05) is 0 Å². The lowest BCUT2D eigenvalue weighted by atomic mass is 9.84. The summed E-state index contributed by atoms with van der Waals surface area (Å²) >= 11 is 0. The Balaban J connectivity index is 2.70. The fourth-order valence-electron chi connectivity index (χ4n) is 1.65. The van der Waals surface area contributed by atoms with Crippen molar-refractivity contribution in [2.75, 3.05) is 7.11 Å². The Morgan fingerprint density at radius 3 is 2.53 bits per heavy atom. The molecule has 2 nitrogen and oxygen atoms in total. The van der Waals surface area contributed by atoms with Gasteiger partial charge in [0, 0.05) is 6.04 Å². The topological polar surface area (TPSA) is 35.2 Å².